The molecule has 2 aromatic rings. The number of aryl methyl sites for hydroxylation is 1. The van der Waals surface area contributed by atoms with Gasteiger partial charge in [-0.25, -0.2) is 0 Å². The number of rotatable bonds is 1. The Bertz CT molecular complexity index is 498. The Hall–Kier alpha value is -1.48. The van der Waals surface area contributed by atoms with Crippen LogP contribution in [0.4, 0.5) is 5.82 Å². The van der Waals surface area contributed by atoms with Crippen molar-refractivity contribution in [2.45, 2.75) is 0 Å². The Labute approximate surface area is 95.2 Å². The van der Waals surface area contributed by atoms with E-state index in [1.54, 1.807) is 0 Å². The number of morpholine rings is 1. The number of hydrogen-bond acceptors (Lipinski definition) is 2. The summed E-state index contributed by atoms with van der Waals surface area (Å²) < 4.78 is 7.65. The van der Waals surface area contributed by atoms with Crippen LogP contribution in [0.15, 0.2) is 30.3 Å². The van der Waals surface area contributed by atoms with Gasteiger partial charge in [-0.1, -0.05) is 18.2 Å². The Morgan fingerprint density at radius 2 is 1.88 bits per heavy atom. The molecular formula is C13H16N2O. The van der Waals surface area contributed by atoms with E-state index in [1.165, 1.54) is 16.7 Å². The number of ether oxygens (including phenoxy) is 1. The van der Waals surface area contributed by atoms with Gasteiger partial charge in [-0.15, -0.1) is 0 Å². The molecule has 2 heterocycles. The molecule has 1 aromatic heterocycles. The summed E-state index contributed by atoms with van der Waals surface area (Å²) in [7, 11) is 2.13. The van der Waals surface area contributed by atoms with Crippen molar-refractivity contribution in [2.24, 2.45) is 7.05 Å². The monoisotopic (exact) mass is 216 g/mol. The van der Waals surface area contributed by atoms with Crippen LogP contribution in [0.1, 0.15) is 0 Å². The summed E-state index contributed by atoms with van der Waals surface area (Å²) in [5.41, 5.74) is 1.30. The van der Waals surface area contributed by atoms with E-state index in [4.69, 9.17) is 4.74 Å². The smallest absolute Gasteiger partial charge is 0.109 e. The van der Waals surface area contributed by atoms with Gasteiger partial charge in [-0.3, -0.25) is 0 Å². The van der Waals surface area contributed by atoms with Crippen LogP contribution in [0.2, 0.25) is 0 Å². The zero-order chi connectivity index (χ0) is 11.0. The summed E-state index contributed by atoms with van der Waals surface area (Å²) in [6.45, 7) is 3.65. The second kappa shape index (κ2) is 3.83. The van der Waals surface area contributed by atoms with Crippen LogP contribution in [0.3, 0.4) is 0 Å². The molecule has 0 saturated carbocycles. The fraction of sp³-hybridized carbons (Fsp3) is 0.385. The van der Waals surface area contributed by atoms with Crippen LogP contribution < -0.4 is 4.90 Å². The lowest BCUT2D eigenvalue weighted by atomic mass is 10.2. The van der Waals surface area contributed by atoms with Gasteiger partial charge < -0.3 is 14.2 Å². The maximum absolute atomic E-state index is 5.38. The van der Waals surface area contributed by atoms with Crippen LogP contribution in [0.25, 0.3) is 10.9 Å². The van der Waals surface area contributed by atoms with Crippen LogP contribution in [0.5, 0.6) is 0 Å². The molecular weight excluding hydrogens is 200 g/mol. The third-order valence-electron chi connectivity index (χ3n) is 3.26. The molecule has 1 saturated heterocycles. The average Bonchev–Trinajstić information content (AvgIpc) is 2.69. The molecule has 1 aliphatic rings. The predicted octanol–water partition coefficient (Wildman–Crippen LogP) is 2.01. The first-order chi connectivity index (χ1) is 7.86. The zero-order valence-electron chi connectivity index (χ0n) is 9.52. The van der Waals surface area contributed by atoms with Crippen molar-refractivity contribution in [2.75, 3.05) is 31.2 Å². The number of hydrogen-bond donors (Lipinski definition) is 0. The van der Waals surface area contributed by atoms with E-state index in [1.807, 2.05) is 0 Å². The maximum Gasteiger partial charge on any atom is 0.109 e. The van der Waals surface area contributed by atoms with E-state index < -0.39 is 0 Å². The lowest BCUT2D eigenvalue weighted by Gasteiger charge is -2.28. The zero-order valence-corrected chi connectivity index (χ0v) is 9.52. The molecule has 0 bridgehead atoms. The van der Waals surface area contributed by atoms with Gasteiger partial charge in [-0.05, 0) is 12.1 Å². The fourth-order valence-electron chi connectivity index (χ4n) is 2.37. The summed E-state index contributed by atoms with van der Waals surface area (Å²) >= 11 is 0. The van der Waals surface area contributed by atoms with Gasteiger partial charge in [0, 0.05) is 31.0 Å². The lowest BCUT2D eigenvalue weighted by Crippen LogP contribution is -2.37. The standard InChI is InChI=1S/C13H16N2O/c1-14-12-5-3-2-4-11(12)10-13(14)15-6-8-16-9-7-15/h2-5,10H,6-9H2,1H3. The summed E-state index contributed by atoms with van der Waals surface area (Å²) in [6, 6.07) is 10.8. The van der Waals surface area contributed by atoms with Crippen molar-refractivity contribution < 1.29 is 4.74 Å². The molecule has 1 aliphatic heterocycles. The number of anilines is 1. The second-order valence-corrected chi connectivity index (χ2v) is 4.22. The molecule has 0 atom stereocenters. The minimum Gasteiger partial charge on any atom is -0.378 e. The van der Waals surface area contributed by atoms with Crippen LogP contribution >= 0.6 is 0 Å². The number of fused-ring (bicyclic) bond motifs is 1. The lowest BCUT2D eigenvalue weighted by molar-refractivity contribution is 0.122. The Kier molecular flexibility index (Phi) is 2.33. The number of nitrogens with zero attached hydrogens (tertiary/aromatic N) is 2. The molecule has 0 unspecified atom stereocenters. The first kappa shape index (κ1) is 9.73. The van der Waals surface area contributed by atoms with Crippen LogP contribution in [0, 0.1) is 0 Å². The van der Waals surface area contributed by atoms with Crippen LogP contribution in [-0.4, -0.2) is 30.9 Å². The van der Waals surface area contributed by atoms with Crippen molar-refractivity contribution in [3.05, 3.63) is 30.3 Å². The van der Waals surface area contributed by atoms with Gasteiger partial charge in [0.2, 0.25) is 0 Å². The van der Waals surface area contributed by atoms with Gasteiger partial charge in [0.1, 0.15) is 5.82 Å². The quantitative estimate of drug-likeness (QED) is 0.725. The highest BCUT2D eigenvalue weighted by Gasteiger charge is 2.15. The van der Waals surface area contributed by atoms with Crippen molar-refractivity contribution >= 4 is 16.7 Å². The molecule has 1 fully saturated rings. The molecule has 1 aromatic carbocycles. The van der Waals surface area contributed by atoms with Crippen molar-refractivity contribution in [3.63, 3.8) is 0 Å². The first-order valence-electron chi connectivity index (χ1n) is 5.73. The average molecular weight is 216 g/mol. The molecule has 0 amide bonds. The van der Waals surface area contributed by atoms with E-state index in [2.05, 4.69) is 46.8 Å². The second-order valence-electron chi connectivity index (χ2n) is 4.22. The SMILES string of the molecule is Cn1c(N2CCOCC2)cc2ccccc21. The van der Waals surface area contributed by atoms with Crippen LogP contribution in [-0.2, 0) is 11.8 Å². The highest BCUT2D eigenvalue weighted by atomic mass is 16.5. The molecule has 3 rings (SSSR count). The van der Waals surface area contributed by atoms with Gasteiger partial charge in [-0.2, -0.15) is 0 Å². The maximum atomic E-state index is 5.38. The predicted molar refractivity (Wildman–Crippen MR) is 66.0 cm³/mol. The Morgan fingerprint density at radius 1 is 1.12 bits per heavy atom. The van der Waals surface area contributed by atoms with Gasteiger partial charge >= 0.3 is 0 Å². The number of para-hydroxylation sites is 1. The number of benzene rings is 1. The summed E-state index contributed by atoms with van der Waals surface area (Å²) in [5, 5.41) is 1.31. The van der Waals surface area contributed by atoms with E-state index in [9.17, 15) is 0 Å². The van der Waals surface area contributed by atoms with Gasteiger partial charge in [0.25, 0.3) is 0 Å². The fourth-order valence-corrected chi connectivity index (χ4v) is 2.37. The minimum atomic E-state index is 0.835. The van der Waals surface area contributed by atoms with E-state index >= 15 is 0 Å². The normalized spacial score (nSPS) is 16.9. The van der Waals surface area contributed by atoms with Crippen molar-refractivity contribution in [1.29, 1.82) is 0 Å². The molecule has 0 spiro atoms. The highest BCUT2D eigenvalue weighted by Crippen LogP contribution is 2.25. The Balaban J connectivity index is 2.05. The van der Waals surface area contributed by atoms with Crippen molar-refractivity contribution in [3.8, 4) is 0 Å². The summed E-state index contributed by atoms with van der Waals surface area (Å²) in [4.78, 5) is 2.39. The third kappa shape index (κ3) is 1.48. The van der Waals surface area contributed by atoms with E-state index in [0.717, 1.165) is 26.3 Å². The molecule has 16 heavy (non-hydrogen) atoms. The summed E-state index contributed by atoms with van der Waals surface area (Å²) in [6.07, 6.45) is 0. The summed E-state index contributed by atoms with van der Waals surface area (Å²) in [5.74, 6) is 1.30. The largest absolute Gasteiger partial charge is 0.378 e. The van der Waals surface area contributed by atoms with Gasteiger partial charge in [0.05, 0.1) is 13.2 Å². The van der Waals surface area contributed by atoms with E-state index in [0.29, 0.717) is 0 Å². The molecule has 3 nitrogen and oxygen atoms in total. The van der Waals surface area contributed by atoms with Crippen molar-refractivity contribution in [1.82, 2.24) is 4.57 Å². The molecule has 84 valence electrons. The Morgan fingerprint density at radius 3 is 2.62 bits per heavy atom. The highest BCUT2D eigenvalue weighted by molar-refractivity contribution is 5.85. The first-order valence-corrected chi connectivity index (χ1v) is 5.73. The van der Waals surface area contributed by atoms with E-state index in [-0.39, 0.29) is 0 Å². The topological polar surface area (TPSA) is 17.4 Å². The molecule has 0 radical (unpaired) electrons. The van der Waals surface area contributed by atoms with Gasteiger partial charge in [0.15, 0.2) is 0 Å². The minimum absolute atomic E-state index is 0.835. The number of aromatic nitrogens is 1. The third-order valence-corrected chi connectivity index (χ3v) is 3.26. The molecule has 0 aliphatic carbocycles. The molecule has 0 N–H and O–H groups in total. The molecule has 3 heteroatoms.